The maximum Gasteiger partial charge on any atom is 0.328 e. The SMILES string of the molecule is COCC(C(=O)O)N(C)C(=O)c1cc2ccc(Cl)cc2s1. The van der Waals surface area contributed by atoms with Crippen molar-refractivity contribution >= 4 is 44.9 Å². The molecule has 2 aromatic rings. The Bertz CT molecular complexity index is 685. The zero-order valence-electron chi connectivity index (χ0n) is 11.5. The van der Waals surface area contributed by atoms with Gasteiger partial charge in [0.15, 0.2) is 6.04 Å². The second kappa shape index (κ2) is 6.43. The van der Waals surface area contributed by atoms with Gasteiger partial charge in [0.05, 0.1) is 11.5 Å². The molecule has 1 aromatic carbocycles. The molecule has 21 heavy (non-hydrogen) atoms. The van der Waals surface area contributed by atoms with Gasteiger partial charge in [0.2, 0.25) is 0 Å². The van der Waals surface area contributed by atoms with Crippen LogP contribution in [0.15, 0.2) is 24.3 Å². The molecular weight excluding hydrogens is 314 g/mol. The van der Waals surface area contributed by atoms with Crippen molar-refractivity contribution in [1.29, 1.82) is 0 Å². The van der Waals surface area contributed by atoms with Crippen LogP contribution in [-0.2, 0) is 9.53 Å². The zero-order chi connectivity index (χ0) is 15.6. The molecule has 0 saturated carbocycles. The average Bonchev–Trinajstić information content (AvgIpc) is 2.85. The van der Waals surface area contributed by atoms with Crippen molar-refractivity contribution in [1.82, 2.24) is 4.90 Å². The molecule has 0 aliphatic heterocycles. The number of carbonyl (C=O) groups excluding carboxylic acids is 1. The third-order valence-electron chi connectivity index (χ3n) is 3.09. The van der Waals surface area contributed by atoms with Crippen molar-refractivity contribution in [3.05, 3.63) is 34.2 Å². The number of hydrogen-bond acceptors (Lipinski definition) is 4. The van der Waals surface area contributed by atoms with Crippen LogP contribution in [0.5, 0.6) is 0 Å². The molecule has 1 heterocycles. The van der Waals surface area contributed by atoms with E-state index in [-0.39, 0.29) is 12.5 Å². The maximum atomic E-state index is 12.4. The second-order valence-electron chi connectivity index (χ2n) is 4.52. The summed E-state index contributed by atoms with van der Waals surface area (Å²) in [6, 6.07) is 6.08. The Hall–Kier alpha value is -1.63. The number of amides is 1. The number of hydrogen-bond donors (Lipinski definition) is 1. The minimum atomic E-state index is -1.10. The number of carbonyl (C=O) groups is 2. The fourth-order valence-corrected chi connectivity index (χ4v) is 3.25. The normalized spacial score (nSPS) is 12.3. The highest BCUT2D eigenvalue weighted by Gasteiger charge is 2.28. The average molecular weight is 328 g/mol. The number of rotatable bonds is 5. The molecule has 5 nitrogen and oxygen atoms in total. The quantitative estimate of drug-likeness (QED) is 0.917. The van der Waals surface area contributed by atoms with Gasteiger partial charge in [-0.25, -0.2) is 4.79 Å². The molecule has 1 unspecified atom stereocenters. The predicted molar refractivity (Wildman–Crippen MR) is 82.2 cm³/mol. The monoisotopic (exact) mass is 327 g/mol. The second-order valence-corrected chi connectivity index (χ2v) is 6.04. The van der Waals surface area contributed by atoms with Crippen molar-refractivity contribution in [3.8, 4) is 0 Å². The van der Waals surface area contributed by atoms with Gasteiger partial charge in [0, 0.05) is 23.9 Å². The van der Waals surface area contributed by atoms with E-state index >= 15 is 0 Å². The lowest BCUT2D eigenvalue weighted by Gasteiger charge is -2.23. The van der Waals surface area contributed by atoms with E-state index in [0.717, 1.165) is 10.1 Å². The highest BCUT2D eigenvalue weighted by atomic mass is 35.5. The van der Waals surface area contributed by atoms with Crippen LogP contribution in [0, 0.1) is 0 Å². The molecule has 0 aliphatic rings. The summed E-state index contributed by atoms with van der Waals surface area (Å²) in [5.74, 6) is -1.45. The summed E-state index contributed by atoms with van der Waals surface area (Å²) < 4.78 is 5.75. The number of carboxylic acid groups (broad SMARTS) is 1. The summed E-state index contributed by atoms with van der Waals surface area (Å²) >= 11 is 7.21. The van der Waals surface area contributed by atoms with Crippen molar-refractivity contribution < 1.29 is 19.4 Å². The van der Waals surface area contributed by atoms with Gasteiger partial charge in [-0.15, -0.1) is 11.3 Å². The molecule has 0 radical (unpaired) electrons. The minimum Gasteiger partial charge on any atom is -0.480 e. The van der Waals surface area contributed by atoms with Gasteiger partial charge >= 0.3 is 5.97 Å². The number of fused-ring (bicyclic) bond motifs is 1. The van der Waals surface area contributed by atoms with Crippen LogP contribution in [0.2, 0.25) is 5.02 Å². The number of thiophene rings is 1. The molecule has 2 rings (SSSR count). The summed E-state index contributed by atoms with van der Waals surface area (Å²) in [4.78, 5) is 25.2. The lowest BCUT2D eigenvalue weighted by Crippen LogP contribution is -2.45. The van der Waals surface area contributed by atoms with E-state index in [0.29, 0.717) is 9.90 Å². The number of methoxy groups -OCH3 is 1. The van der Waals surface area contributed by atoms with E-state index in [1.165, 1.54) is 30.4 Å². The standard InChI is InChI=1S/C14H14ClNO4S/c1-16(10(7-20-2)14(18)19)13(17)12-5-8-3-4-9(15)6-11(8)21-12/h3-6,10H,7H2,1-2H3,(H,18,19). The Balaban J connectivity index is 2.30. The first-order chi connectivity index (χ1) is 9.93. The summed E-state index contributed by atoms with van der Waals surface area (Å²) in [6.45, 7) is -0.0612. The highest BCUT2D eigenvalue weighted by Crippen LogP contribution is 2.29. The summed E-state index contributed by atoms with van der Waals surface area (Å²) in [6.07, 6.45) is 0. The van der Waals surface area contributed by atoms with Crippen molar-refractivity contribution in [3.63, 3.8) is 0 Å². The fraction of sp³-hybridized carbons (Fsp3) is 0.286. The molecule has 7 heteroatoms. The highest BCUT2D eigenvalue weighted by molar-refractivity contribution is 7.20. The van der Waals surface area contributed by atoms with Crippen LogP contribution >= 0.6 is 22.9 Å². The van der Waals surface area contributed by atoms with E-state index in [4.69, 9.17) is 21.4 Å². The largest absolute Gasteiger partial charge is 0.480 e. The number of carboxylic acids is 1. The molecule has 0 fully saturated rings. The number of likely N-dealkylation sites (N-methyl/N-ethyl adjacent to an activating group) is 1. The maximum absolute atomic E-state index is 12.4. The third-order valence-corrected chi connectivity index (χ3v) is 4.41. The van der Waals surface area contributed by atoms with Gasteiger partial charge in [-0.3, -0.25) is 4.79 Å². The number of nitrogens with zero attached hydrogens (tertiary/aromatic N) is 1. The van der Waals surface area contributed by atoms with Crippen LogP contribution in [0.25, 0.3) is 10.1 Å². The van der Waals surface area contributed by atoms with Crippen LogP contribution in [0.4, 0.5) is 0 Å². The topological polar surface area (TPSA) is 66.8 Å². The minimum absolute atomic E-state index is 0.0612. The smallest absolute Gasteiger partial charge is 0.328 e. The van der Waals surface area contributed by atoms with Gasteiger partial charge in [0.1, 0.15) is 0 Å². The summed E-state index contributed by atoms with van der Waals surface area (Å²) in [5.41, 5.74) is 0. The number of halogens is 1. The predicted octanol–water partition coefficient (Wildman–Crippen LogP) is 2.73. The fourth-order valence-electron chi connectivity index (χ4n) is 1.93. The Morgan fingerprint density at radius 3 is 2.76 bits per heavy atom. The molecule has 1 atom stereocenters. The van der Waals surface area contributed by atoms with Gasteiger partial charge < -0.3 is 14.7 Å². The Labute approximate surface area is 130 Å². The van der Waals surface area contributed by atoms with E-state index < -0.39 is 12.0 Å². The zero-order valence-corrected chi connectivity index (χ0v) is 13.1. The first-order valence-electron chi connectivity index (χ1n) is 6.12. The van der Waals surface area contributed by atoms with E-state index in [2.05, 4.69) is 0 Å². The molecule has 1 aromatic heterocycles. The van der Waals surface area contributed by atoms with Crippen LogP contribution in [0.3, 0.4) is 0 Å². The van der Waals surface area contributed by atoms with Crippen LogP contribution in [-0.4, -0.2) is 48.7 Å². The first-order valence-corrected chi connectivity index (χ1v) is 7.31. The first kappa shape index (κ1) is 15.8. The molecule has 0 aliphatic carbocycles. The van der Waals surface area contributed by atoms with Gasteiger partial charge in [0.25, 0.3) is 5.91 Å². The lowest BCUT2D eigenvalue weighted by molar-refractivity contribution is -0.143. The molecule has 0 saturated heterocycles. The van der Waals surface area contributed by atoms with Gasteiger partial charge in [-0.2, -0.15) is 0 Å². The van der Waals surface area contributed by atoms with E-state index in [1.807, 2.05) is 6.07 Å². The number of aliphatic carboxylic acids is 1. The molecule has 112 valence electrons. The van der Waals surface area contributed by atoms with E-state index in [1.54, 1.807) is 18.2 Å². The van der Waals surface area contributed by atoms with Gasteiger partial charge in [-0.05, 0) is 23.6 Å². The van der Waals surface area contributed by atoms with Crippen molar-refractivity contribution in [2.75, 3.05) is 20.8 Å². The van der Waals surface area contributed by atoms with Crippen LogP contribution < -0.4 is 0 Å². The van der Waals surface area contributed by atoms with Crippen molar-refractivity contribution in [2.45, 2.75) is 6.04 Å². The number of benzene rings is 1. The van der Waals surface area contributed by atoms with E-state index in [9.17, 15) is 9.59 Å². The molecule has 1 amide bonds. The van der Waals surface area contributed by atoms with Crippen molar-refractivity contribution in [2.24, 2.45) is 0 Å². The molecule has 1 N–H and O–H groups in total. The lowest BCUT2D eigenvalue weighted by atomic mass is 10.2. The molecule has 0 spiro atoms. The summed E-state index contributed by atoms with van der Waals surface area (Å²) in [5, 5.41) is 10.7. The Morgan fingerprint density at radius 2 is 2.14 bits per heavy atom. The summed E-state index contributed by atoms with van der Waals surface area (Å²) in [7, 11) is 2.85. The Kier molecular flexibility index (Phi) is 4.82. The van der Waals surface area contributed by atoms with Gasteiger partial charge in [-0.1, -0.05) is 17.7 Å². The number of ether oxygens (including phenoxy) is 1. The molecular formula is C14H14ClNO4S. The molecule has 0 bridgehead atoms. The third kappa shape index (κ3) is 3.34. The van der Waals surface area contributed by atoms with Crippen LogP contribution in [0.1, 0.15) is 9.67 Å². The Morgan fingerprint density at radius 1 is 1.43 bits per heavy atom.